The zero-order valence-corrected chi connectivity index (χ0v) is 27.2. The van der Waals surface area contributed by atoms with Gasteiger partial charge in [-0.15, -0.1) is 0 Å². The molecule has 1 unspecified atom stereocenters. The summed E-state index contributed by atoms with van der Waals surface area (Å²) in [5, 5.41) is 4.68. The van der Waals surface area contributed by atoms with Crippen molar-refractivity contribution in [3.63, 3.8) is 0 Å². The van der Waals surface area contributed by atoms with E-state index in [9.17, 15) is 18.8 Å². The van der Waals surface area contributed by atoms with E-state index in [1.807, 2.05) is 51.1 Å². The Hall–Kier alpha value is -4.97. The largest absolute Gasteiger partial charge is 0.378 e. The van der Waals surface area contributed by atoms with Gasteiger partial charge in [-0.2, -0.15) is 5.10 Å². The average Bonchev–Trinajstić information content (AvgIpc) is 3.59. The highest BCUT2D eigenvalue weighted by Gasteiger charge is 2.41. The van der Waals surface area contributed by atoms with Crippen molar-refractivity contribution in [2.45, 2.75) is 39.8 Å². The first kappa shape index (κ1) is 33.0. The number of ether oxygens (including phenoxy) is 1. The molecule has 2 aliphatic heterocycles. The summed E-state index contributed by atoms with van der Waals surface area (Å²) in [5.41, 5.74) is 0.910. The van der Waals surface area contributed by atoms with Crippen molar-refractivity contribution >= 4 is 17.8 Å². The summed E-state index contributed by atoms with van der Waals surface area (Å²) in [4.78, 5) is 50.1. The van der Waals surface area contributed by atoms with E-state index in [1.165, 1.54) is 4.90 Å². The minimum atomic E-state index is -0.698. The monoisotopic (exact) mass is 656 g/mol. The van der Waals surface area contributed by atoms with Crippen LogP contribution in [0.1, 0.15) is 65.3 Å². The Bertz CT molecular complexity index is 1780. The van der Waals surface area contributed by atoms with E-state index in [-0.39, 0.29) is 48.9 Å². The number of imide groups is 1. The van der Waals surface area contributed by atoms with Gasteiger partial charge in [0.15, 0.2) is 11.6 Å². The zero-order valence-electron chi connectivity index (χ0n) is 27.2. The van der Waals surface area contributed by atoms with Crippen LogP contribution in [0.15, 0.2) is 72.8 Å². The molecule has 6 rings (SSSR count). The van der Waals surface area contributed by atoms with Gasteiger partial charge in [0.05, 0.1) is 42.5 Å². The normalized spacial score (nSPS) is 15.5. The van der Waals surface area contributed by atoms with Crippen LogP contribution in [0.25, 0.3) is 11.4 Å². The molecule has 0 spiro atoms. The Balaban J connectivity index is 1.39. The number of nitrogens with zero attached hydrogens (tertiary/aromatic N) is 6. The fraction of sp³-hybridized carbons (Fsp3) is 0.361. The minimum absolute atomic E-state index is 0.00280. The lowest BCUT2D eigenvalue weighted by molar-refractivity contribution is 0.0274. The van der Waals surface area contributed by atoms with Crippen molar-refractivity contribution in [2.75, 3.05) is 39.4 Å². The van der Waals surface area contributed by atoms with Crippen molar-refractivity contribution in [2.24, 2.45) is 5.41 Å². The second-order valence-electron chi connectivity index (χ2n) is 13.1. The van der Waals surface area contributed by atoms with Gasteiger partial charge in [0, 0.05) is 26.2 Å². The maximum Gasteiger partial charge on any atom is 0.320 e. The minimum Gasteiger partial charge on any atom is -0.378 e. The molecule has 0 bridgehead atoms. The molecule has 4 aromatic rings. The van der Waals surface area contributed by atoms with E-state index in [1.54, 1.807) is 38.7 Å². The summed E-state index contributed by atoms with van der Waals surface area (Å²) < 4.78 is 36.6. The van der Waals surface area contributed by atoms with Gasteiger partial charge in [-0.3, -0.25) is 14.5 Å². The maximum absolute atomic E-state index is 15.1. The Morgan fingerprint density at radius 3 is 2.21 bits per heavy atom. The van der Waals surface area contributed by atoms with Gasteiger partial charge < -0.3 is 14.5 Å². The molecule has 1 atom stereocenters. The van der Waals surface area contributed by atoms with Crippen molar-refractivity contribution in [3.05, 3.63) is 107 Å². The Morgan fingerprint density at radius 1 is 0.917 bits per heavy atom. The van der Waals surface area contributed by atoms with Gasteiger partial charge >= 0.3 is 6.03 Å². The predicted molar refractivity (Wildman–Crippen MR) is 174 cm³/mol. The fourth-order valence-electron chi connectivity index (χ4n) is 6.32. The van der Waals surface area contributed by atoms with Crippen LogP contribution in [-0.4, -0.2) is 86.7 Å². The molecule has 0 radical (unpaired) electrons. The lowest BCUT2D eigenvalue weighted by Gasteiger charge is -2.42. The van der Waals surface area contributed by atoms with E-state index in [0.717, 1.165) is 23.8 Å². The highest BCUT2D eigenvalue weighted by molar-refractivity contribution is 6.21. The van der Waals surface area contributed by atoms with Gasteiger partial charge in [-0.1, -0.05) is 63.2 Å². The first-order chi connectivity index (χ1) is 23.0. The molecule has 48 heavy (non-hydrogen) atoms. The molecule has 10 nitrogen and oxygen atoms in total. The van der Waals surface area contributed by atoms with Crippen LogP contribution >= 0.6 is 0 Å². The lowest BCUT2D eigenvalue weighted by Crippen LogP contribution is -2.52. The number of fused-ring (bicyclic) bond motifs is 1. The number of morpholine rings is 1. The molecular formula is C36H38F2N6O4. The number of rotatable bonds is 9. The fourth-order valence-corrected chi connectivity index (χ4v) is 6.32. The number of urea groups is 1. The van der Waals surface area contributed by atoms with Crippen molar-refractivity contribution in [1.29, 1.82) is 0 Å². The molecule has 0 saturated carbocycles. The number of hydrogen-bond donors (Lipinski definition) is 0. The molecule has 4 amide bonds. The maximum atomic E-state index is 15.1. The Morgan fingerprint density at radius 2 is 1.56 bits per heavy atom. The van der Waals surface area contributed by atoms with Gasteiger partial charge in [0.25, 0.3) is 11.8 Å². The van der Waals surface area contributed by atoms with E-state index in [0.29, 0.717) is 49.7 Å². The molecule has 12 heteroatoms. The molecule has 1 aromatic heterocycles. The van der Waals surface area contributed by atoms with E-state index < -0.39 is 23.1 Å². The smallest absolute Gasteiger partial charge is 0.320 e. The van der Waals surface area contributed by atoms with Gasteiger partial charge in [0.2, 0.25) is 0 Å². The highest BCUT2D eigenvalue weighted by atomic mass is 19.1. The predicted octanol–water partition coefficient (Wildman–Crippen LogP) is 5.80. The summed E-state index contributed by atoms with van der Waals surface area (Å²) in [5.74, 6) is -1.63. The van der Waals surface area contributed by atoms with Gasteiger partial charge in [-0.25, -0.2) is 23.2 Å². The standard InChI is InChI=1S/C36H38F2N6O4/c1-36(2,3)30(32-39-31(28-22-25(37)14-15-29(28)38)40-44(32)23-24-10-5-4-6-11-24)42(35(47)41-18-20-48-21-19-41)16-9-17-43-33(45)26-12-7-8-13-27(26)34(43)46/h4-8,10-15,22,30H,9,16-21,23H2,1-3H3. The summed E-state index contributed by atoms with van der Waals surface area (Å²) in [6.07, 6.45) is 0.298. The summed E-state index contributed by atoms with van der Waals surface area (Å²) in [6.45, 7) is 8.04. The molecular weight excluding hydrogens is 618 g/mol. The van der Waals surface area contributed by atoms with Crippen LogP contribution in [0, 0.1) is 17.0 Å². The van der Waals surface area contributed by atoms with Crippen LogP contribution in [0.2, 0.25) is 0 Å². The van der Waals surface area contributed by atoms with Crippen molar-refractivity contribution < 1.29 is 27.9 Å². The molecule has 0 N–H and O–H groups in total. The third kappa shape index (κ3) is 6.70. The third-order valence-corrected chi connectivity index (χ3v) is 8.61. The number of halogens is 2. The number of carbonyl (C=O) groups is 3. The number of aromatic nitrogens is 3. The van der Waals surface area contributed by atoms with Crippen LogP contribution < -0.4 is 0 Å². The van der Waals surface area contributed by atoms with Crippen LogP contribution in [0.5, 0.6) is 0 Å². The number of hydrogen-bond acceptors (Lipinski definition) is 6. The molecule has 0 aliphatic carbocycles. The zero-order chi connectivity index (χ0) is 34.0. The summed E-state index contributed by atoms with van der Waals surface area (Å²) in [6, 6.07) is 18.5. The lowest BCUT2D eigenvalue weighted by atomic mass is 9.84. The Kier molecular flexibility index (Phi) is 9.36. The average molecular weight is 657 g/mol. The quantitative estimate of drug-likeness (QED) is 0.211. The number of amides is 4. The molecule has 250 valence electrons. The first-order valence-electron chi connectivity index (χ1n) is 16.1. The number of carbonyl (C=O) groups excluding carboxylic acids is 3. The molecule has 1 fully saturated rings. The van der Waals surface area contributed by atoms with Crippen molar-refractivity contribution in [3.8, 4) is 11.4 Å². The molecule has 2 aliphatic rings. The number of benzene rings is 3. The second-order valence-corrected chi connectivity index (χ2v) is 13.1. The van der Waals surface area contributed by atoms with Gasteiger partial charge in [0.1, 0.15) is 11.6 Å². The van der Waals surface area contributed by atoms with E-state index in [2.05, 4.69) is 5.10 Å². The summed E-state index contributed by atoms with van der Waals surface area (Å²) in [7, 11) is 0. The van der Waals surface area contributed by atoms with Crippen LogP contribution in [0.3, 0.4) is 0 Å². The Labute approximate surface area is 277 Å². The second kappa shape index (κ2) is 13.6. The molecule has 3 aromatic carbocycles. The van der Waals surface area contributed by atoms with E-state index >= 15 is 4.39 Å². The van der Waals surface area contributed by atoms with Crippen LogP contribution in [-0.2, 0) is 11.3 Å². The SMILES string of the molecule is CC(C)(C)C(c1nc(-c2cc(F)ccc2F)nn1Cc1ccccc1)N(CCCN1C(=O)c2ccccc2C1=O)C(=O)N1CCOCC1. The van der Waals surface area contributed by atoms with Crippen LogP contribution in [0.4, 0.5) is 13.6 Å². The van der Waals surface area contributed by atoms with Crippen molar-refractivity contribution in [1.82, 2.24) is 29.5 Å². The molecule has 3 heterocycles. The molecule has 1 saturated heterocycles. The van der Waals surface area contributed by atoms with Gasteiger partial charge in [-0.05, 0) is 47.7 Å². The summed E-state index contributed by atoms with van der Waals surface area (Å²) >= 11 is 0. The first-order valence-corrected chi connectivity index (χ1v) is 16.1. The topological polar surface area (TPSA) is 101 Å². The third-order valence-electron chi connectivity index (χ3n) is 8.61. The highest BCUT2D eigenvalue weighted by Crippen LogP contribution is 2.39. The van der Waals surface area contributed by atoms with E-state index in [4.69, 9.17) is 9.72 Å².